The summed E-state index contributed by atoms with van der Waals surface area (Å²) in [5, 5.41) is 0. The number of ketones is 1. The second-order valence-corrected chi connectivity index (χ2v) is 8.90. The maximum absolute atomic E-state index is 13.2. The van der Waals surface area contributed by atoms with Gasteiger partial charge < -0.3 is 14.2 Å². The van der Waals surface area contributed by atoms with Crippen LogP contribution >= 0.6 is 0 Å². The van der Waals surface area contributed by atoms with Gasteiger partial charge in [0.2, 0.25) is 0 Å². The highest BCUT2D eigenvalue weighted by atomic mass is 16.5. The number of fused-ring (bicyclic) bond motifs is 6. The number of hydrogen-bond donors (Lipinski definition) is 0. The van der Waals surface area contributed by atoms with Crippen molar-refractivity contribution in [1.29, 1.82) is 0 Å². The van der Waals surface area contributed by atoms with E-state index in [4.69, 9.17) is 14.2 Å². The van der Waals surface area contributed by atoms with Crippen LogP contribution in [0.4, 0.5) is 0 Å². The minimum absolute atomic E-state index is 0.0594. The normalized spacial score (nSPS) is 25.4. The Morgan fingerprint density at radius 2 is 1.90 bits per heavy atom. The summed E-state index contributed by atoms with van der Waals surface area (Å²) in [5.41, 5.74) is 2.35. The van der Waals surface area contributed by atoms with Crippen LogP contribution in [0.5, 0.6) is 17.2 Å². The van der Waals surface area contributed by atoms with E-state index in [1.807, 2.05) is 39.8 Å². The Labute approximate surface area is 171 Å². The molecule has 0 saturated carbocycles. The molecule has 5 nitrogen and oxygen atoms in total. The van der Waals surface area contributed by atoms with Crippen LogP contribution in [0.3, 0.4) is 0 Å². The molecule has 1 aromatic carbocycles. The first kappa shape index (κ1) is 19.7. The van der Waals surface area contributed by atoms with Gasteiger partial charge in [-0.2, -0.15) is 0 Å². The maximum atomic E-state index is 13.2. The molecule has 0 aromatic heterocycles. The minimum atomic E-state index is -0.511. The zero-order valence-corrected chi connectivity index (χ0v) is 17.9. The lowest BCUT2D eigenvalue weighted by molar-refractivity contribution is -0.129. The van der Waals surface area contributed by atoms with Gasteiger partial charge in [0.05, 0.1) is 11.5 Å². The summed E-state index contributed by atoms with van der Waals surface area (Å²) in [6.07, 6.45) is 6.64. The first-order valence-corrected chi connectivity index (χ1v) is 10.4. The molecular formula is C24H28O5. The largest absolute Gasteiger partial charge is 0.488 e. The lowest BCUT2D eigenvalue weighted by Gasteiger charge is -2.36. The van der Waals surface area contributed by atoms with Crippen molar-refractivity contribution in [1.82, 2.24) is 0 Å². The Morgan fingerprint density at radius 1 is 1.17 bits per heavy atom. The van der Waals surface area contributed by atoms with Gasteiger partial charge in [0.25, 0.3) is 0 Å². The molecular weight excluding hydrogens is 368 g/mol. The molecule has 0 fully saturated rings. The van der Waals surface area contributed by atoms with Gasteiger partial charge in [0.15, 0.2) is 11.5 Å². The number of rotatable bonds is 2. The fourth-order valence-corrected chi connectivity index (χ4v) is 4.07. The highest BCUT2D eigenvalue weighted by Crippen LogP contribution is 2.52. The molecule has 0 aliphatic carbocycles. The van der Waals surface area contributed by atoms with Gasteiger partial charge in [0, 0.05) is 18.1 Å². The van der Waals surface area contributed by atoms with Crippen LogP contribution in [0, 0.1) is 11.8 Å². The zero-order chi connectivity index (χ0) is 21.1. The number of allylic oxidation sites excluding steroid dienone is 1. The van der Waals surface area contributed by atoms with Gasteiger partial charge in [-0.3, -0.25) is 4.79 Å². The van der Waals surface area contributed by atoms with E-state index in [1.54, 1.807) is 6.08 Å². The van der Waals surface area contributed by atoms with Crippen molar-refractivity contribution in [2.75, 3.05) is 0 Å². The van der Waals surface area contributed by atoms with E-state index >= 15 is 0 Å². The standard InChI is InChI=1S/C24H28O5/c1-7-12(2)15-10-17-21-16(8-9-24(5,6)29-21)22-19(23(17)28-18(25)11-15)20(26)13(3)14(4)27-22/h8-9,11-14H,7,10H2,1-6H3/t12?,13?,14-/m1/s1. The summed E-state index contributed by atoms with van der Waals surface area (Å²) < 4.78 is 18.2. The molecule has 3 atom stereocenters. The van der Waals surface area contributed by atoms with E-state index < -0.39 is 11.6 Å². The molecule has 0 radical (unpaired) electrons. The molecule has 0 saturated heterocycles. The van der Waals surface area contributed by atoms with E-state index in [2.05, 4.69) is 13.8 Å². The fraction of sp³-hybridized carbons (Fsp3) is 0.500. The van der Waals surface area contributed by atoms with Gasteiger partial charge in [-0.15, -0.1) is 0 Å². The van der Waals surface area contributed by atoms with Crippen molar-refractivity contribution in [3.63, 3.8) is 0 Å². The third-order valence-electron chi connectivity index (χ3n) is 6.31. The highest BCUT2D eigenvalue weighted by Gasteiger charge is 2.42. The monoisotopic (exact) mass is 396 g/mol. The first-order chi connectivity index (χ1) is 13.6. The number of Topliss-reactive ketones (excluding diaryl/α,β-unsaturated/α-hetero) is 1. The first-order valence-electron chi connectivity index (χ1n) is 10.4. The second-order valence-electron chi connectivity index (χ2n) is 8.90. The minimum Gasteiger partial charge on any atom is -0.488 e. The number of hydrogen-bond acceptors (Lipinski definition) is 5. The summed E-state index contributed by atoms with van der Waals surface area (Å²) in [5.74, 6) is 0.789. The third-order valence-corrected chi connectivity index (χ3v) is 6.31. The molecule has 3 heterocycles. The number of ether oxygens (including phenoxy) is 3. The molecule has 0 bridgehead atoms. The maximum Gasteiger partial charge on any atom is 0.336 e. The summed E-state index contributed by atoms with van der Waals surface area (Å²) in [6.45, 7) is 11.9. The second kappa shape index (κ2) is 6.75. The van der Waals surface area contributed by atoms with E-state index in [-0.39, 0.29) is 23.7 Å². The van der Waals surface area contributed by atoms with Crippen molar-refractivity contribution < 1.29 is 23.8 Å². The number of benzene rings is 1. The molecule has 5 heteroatoms. The van der Waals surface area contributed by atoms with Crippen LogP contribution in [0.1, 0.15) is 69.4 Å². The topological polar surface area (TPSA) is 61.8 Å². The molecule has 0 N–H and O–H groups in total. The summed E-state index contributed by atoms with van der Waals surface area (Å²) in [6, 6.07) is 0. The van der Waals surface area contributed by atoms with Crippen LogP contribution in [0.15, 0.2) is 17.7 Å². The molecule has 154 valence electrons. The Bertz CT molecular complexity index is 966. The number of esters is 1. The average molecular weight is 396 g/mol. The zero-order valence-electron chi connectivity index (χ0n) is 17.9. The average Bonchev–Trinajstić information content (AvgIpc) is 2.83. The van der Waals surface area contributed by atoms with Gasteiger partial charge in [-0.25, -0.2) is 4.79 Å². The predicted molar refractivity (Wildman–Crippen MR) is 111 cm³/mol. The van der Waals surface area contributed by atoms with Gasteiger partial charge in [-0.05, 0) is 45.3 Å². The number of carbonyl (C=O) groups excluding carboxylic acids is 2. The van der Waals surface area contributed by atoms with Gasteiger partial charge >= 0.3 is 5.97 Å². The molecule has 0 spiro atoms. The SMILES string of the molecule is CCC(C)C1=CC(=O)Oc2c(c3c(c4c2C(=O)C(C)[C@@H](C)O4)C=CC(C)(C)O3)C1. The van der Waals surface area contributed by atoms with Crippen LogP contribution in [0.2, 0.25) is 0 Å². The van der Waals surface area contributed by atoms with Crippen molar-refractivity contribution in [3.05, 3.63) is 34.4 Å². The van der Waals surface area contributed by atoms with Gasteiger partial charge in [-0.1, -0.05) is 26.3 Å². The van der Waals surface area contributed by atoms with E-state index in [9.17, 15) is 9.59 Å². The van der Waals surface area contributed by atoms with Crippen molar-refractivity contribution in [3.8, 4) is 17.2 Å². The van der Waals surface area contributed by atoms with Crippen molar-refractivity contribution in [2.45, 2.75) is 66.1 Å². The Hall–Kier alpha value is -2.56. The van der Waals surface area contributed by atoms with Crippen LogP contribution in [0.25, 0.3) is 6.08 Å². The molecule has 29 heavy (non-hydrogen) atoms. The molecule has 0 amide bonds. The predicted octanol–water partition coefficient (Wildman–Crippen LogP) is 4.90. The Morgan fingerprint density at radius 3 is 2.59 bits per heavy atom. The van der Waals surface area contributed by atoms with E-state index in [0.717, 1.165) is 23.1 Å². The molecule has 3 aliphatic heterocycles. The van der Waals surface area contributed by atoms with Crippen molar-refractivity contribution in [2.24, 2.45) is 11.8 Å². The van der Waals surface area contributed by atoms with Crippen LogP contribution < -0.4 is 14.2 Å². The van der Waals surface area contributed by atoms with Gasteiger partial charge in [0.1, 0.15) is 28.8 Å². The van der Waals surface area contributed by atoms with E-state index in [0.29, 0.717) is 29.2 Å². The van der Waals surface area contributed by atoms with Crippen LogP contribution in [-0.4, -0.2) is 23.5 Å². The Balaban J connectivity index is 2.01. The summed E-state index contributed by atoms with van der Waals surface area (Å²) >= 11 is 0. The Kier molecular flexibility index (Phi) is 4.60. The fourth-order valence-electron chi connectivity index (χ4n) is 4.07. The highest BCUT2D eigenvalue weighted by molar-refractivity contribution is 6.07. The molecule has 1 aromatic rings. The van der Waals surface area contributed by atoms with Crippen molar-refractivity contribution >= 4 is 17.8 Å². The summed E-state index contributed by atoms with van der Waals surface area (Å²) in [7, 11) is 0. The lowest BCUT2D eigenvalue weighted by Crippen LogP contribution is -2.36. The summed E-state index contributed by atoms with van der Waals surface area (Å²) in [4.78, 5) is 25.9. The third kappa shape index (κ3) is 3.17. The van der Waals surface area contributed by atoms with E-state index in [1.165, 1.54) is 0 Å². The molecule has 2 unspecified atom stereocenters. The molecule has 3 aliphatic rings. The van der Waals surface area contributed by atoms with Crippen LogP contribution in [-0.2, 0) is 11.2 Å². The molecule has 4 rings (SSSR count). The smallest absolute Gasteiger partial charge is 0.336 e. The lowest BCUT2D eigenvalue weighted by atomic mass is 9.84. The quantitative estimate of drug-likeness (QED) is 0.525. The number of carbonyl (C=O) groups is 2.